The van der Waals surface area contributed by atoms with Gasteiger partial charge < -0.3 is 19.7 Å². The first kappa shape index (κ1) is 26.6. The van der Waals surface area contributed by atoms with Gasteiger partial charge in [-0.05, 0) is 42.5 Å². The van der Waals surface area contributed by atoms with Crippen LogP contribution in [0, 0.1) is 24.7 Å². The molecule has 0 aliphatic heterocycles. The normalized spacial score (nSPS) is 9.22. The first-order chi connectivity index (χ1) is 17.4. The lowest BCUT2D eigenvalue weighted by Gasteiger charge is -2.02. The maximum Gasteiger partial charge on any atom is 0.359 e. The molecular weight excluding hydrogens is 468 g/mol. The average molecular weight is 488 g/mol. The highest BCUT2D eigenvalue weighted by Gasteiger charge is 2.17. The Morgan fingerprint density at radius 2 is 1.28 bits per heavy atom. The van der Waals surface area contributed by atoms with Gasteiger partial charge in [0.1, 0.15) is 11.5 Å². The molecule has 0 aliphatic rings. The highest BCUT2D eigenvalue weighted by Crippen LogP contribution is 2.23. The summed E-state index contributed by atoms with van der Waals surface area (Å²) < 4.78 is 10.5. The number of ether oxygens (including phenoxy) is 2. The number of carbonyl (C=O) groups is 2. The second-order valence-electron chi connectivity index (χ2n) is 6.14. The summed E-state index contributed by atoms with van der Waals surface area (Å²) in [6.45, 7) is 4.00. The second kappa shape index (κ2) is 13.2. The zero-order chi connectivity index (χ0) is 26.5. The molecule has 36 heavy (non-hydrogen) atoms. The Balaban J connectivity index is 0.000000237. The zero-order valence-corrected chi connectivity index (χ0v) is 19.1. The van der Waals surface area contributed by atoms with Crippen molar-refractivity contribution in [2.45, 2.75) is 13.8 Å². The number of carboxylic acid groups (broad SMARTS) is 2. The summed E-state index contributed by atoms with van der Waals surface area (Å²) in [6, 6.07) is 13.3. The van der Waals surface area contributed by atoms with E-state index in [2.05, 4.69) is 42.7 Å². The molecule has 0 bridgehead atoms. The molecule has 0 radical (unpaired) electrons. The van der Waals surface area contributed by atoms with Gasteiger partial charge in [0.2, 0.25) is 11.4 Å². The molecule has 0 amide bonds. The van der Waals surface area contributed by atoms with E-state index in [1.54, 1.807) is 48.5 Å². The number of aromatic amines is 2. The van der Waals surface area contributed by atoms with E-state index in [4.69, 9.17) is 32.5 Å². The third-order valence-electron chi connectivity index (χ3n) is 3.91. The predicted molar refractivity (Wildman–Crippen MR) is 127 cm³/mol. The Hall–Kier alpha value is -5.62. The Bertz CT molecular complexity index is 1400. The molecule has 0 fully saturated rings. The van der Waals surface area contributed by atoms with Crippen molar-refractivity contribution < 1.29 is 29.3 Å². The van der Waals surface area contributed by atoms with Crippen LogP contribution >= 0.6 is 0 Å². The highest BCUT2D eigenvalue weighted by atomic mass is 16.5. The van der Waals surface area contributed by atoms with E-state index in [1.165, 1.54) is 0 Å². The molecule has 4 aromatic rings. The van der Waals surface area contributed by atoms with E-state index in [0.717, 1.165) is 0 Å². The van der Waals surface area contributed by atoms with E-state index in [-0.39, 0.29) is 23.1 Å². The van der Waals surface area contributed by atoms with Crippen LogP contribution < -0.4 is 9.47 Å². The molecule has 4 rings (SSSR count). The predicted octanol–water partition coefficient (Wildman–Crippen LogP) is 3.58. The quantitative estimate of drug-likeness (QED) is 0.293. The molecule has 182 valence electrons. The summed E-state index contributed by atoms with van der Waals surface area (Å²) in [4.78, 5) is 21.5. The van der Waals surface area contributed by atoms with Crippen molar-refractivity contribution in [2.24, 2.45) is 0 Å². The number of aromatic nitrogens is 6. The van der Waals surface area contributed by atoms with Crippen LogP contribution in [0.1, 0.15) is 46.0 Å². The number of carboxylic acids is 2. The number of aromatic carboxylic acids is 2. The monoisotopic (exact) mass is 488 g/mol. The number of nitrogens with one attached hydrogen (secondary N) is 2. The van der Waals surface area contributed by atoms with Gasteiger partial charge in [-0.3, -0.25) is 0 Å². The minimum atomic E-state index is -1.20. The van der Waals surface area contributed by atoms with Crippen LogP contribution in [-0.2, 0) is 0 Å². The van der Waals surface area contributed by atoms with Gasteiger partial charge in [0.15, 0.2) is 0 Å². The summed E-state index contributed by atoms with van der Waals surface area (Å²) in [5, 5.41) is 35.8. The molecule has 0 unspecified atom stereocenters. The molecule has 0 spiro atoms. The molecule has 0 saturated heterocycles. The van der Waals surface area contributed by atoms with Crippen LogP contribution in [0.25, 0.3) is 0 Å². The van der Waals surface area contributed by atoms with Gasteiger partial charge in [-0.2, -0.15) is 0 Å². The second-order valence-corrected chi connectivity index (χ2v) is 6.14. The van der Waals surface area contributed by atoms with E-state index in [1.807, 2.05) is 13.8 Å². The van der Waals surface area contributed by atoms with Gasteiger partial charge in [0.05, 0.1) is 0 Å². The molecule has 2 aromatic heterocycles. The van der Waals surface area contributed by atoms with Crippen LogP contribution in [0.3, 0.4) is 0 Å². The molecule has 0 aliphatic carbocycles. The number of hydrogen-bond donors (Lipinski definition) is 4. The Morgan fingerprint density at radius 1 is 0.778 bits per heavy atom. The van der Waals surface area contributed by atoms with Crippen molar-refractivity contribution in [1.82, 2.24) is 30.8 Å². The lowest BCUT2D eigenvalue weighted by atomic mass is 10.2. The fourth-order valence-electron chi connectivity index (χ4n) is 2.35. The lowest BCUT2D eigenvalue weighted by molar-refractivity contribution is 0.0676. The third-order valence-corrected chi connectivity index (χ3v) is 3.91. The maximum absolute atomic E-state index is 10.8. The van der Waals surface area contributed by atoms with Crippen molar-refractivity contribution in [3.8, 4) is 47.9 Å². The van der Waals surface area contributed by atoms with E-state index in [0.29, 0.717) is 22.6 Å². The smallest absolute Gasteiger partial charge is 0.359 e. The van der Waals surface area contributed by atoms with Gasteiger partial charge in [-0.1, -0.05) is 52.4 Å². The van der Waals surface area contributed by atoms with Crippen LogP contribution in [0.15, 0.2) is 48.5 Å². The van der Waals surface area contributed by atoms with Crippen molar-refractivity contribution in [3.63, 3.8) is 0 Å². The minimum absolute atomic E-state index is 0.0917. The van der Waals surface area contributed by atoms with Crippen LogP contribution in [-0.4, -0.2) is 53.0 Å². The fourth-order valence-corrected chi connectivity index (χ4v) is 2.35. The molecule has 12 heteroatoms. The molecule has 12 nitrogen and oxygen atoms in total. The van der Waals surface area contributed by atoms with E-state index < -0.39 is 11.9 Å². The standard InChI is InChI=1S/2C11H7N3O3.C2H6/c1-2-7-3-5-8(6-4-7)17-10-9(11(15)16)12-14-13-10;1-2-7-4-3-5-8(6-7)17-10-9(11(15)16)12-14-13-10;1-2/h2*1,3-6H,(H,15,16)(H,12,13,14);1-2H3. The summed E-state index contributed by atoms with van der Waals surface area (Å²) >= 11 is 0. The SMILES string of the molecule is C#Cc1ccc(Oc2nn[nH]c2C(=O)O)cc1.C#Cc1cccc(Oc2nn[nH]c2C(=O)O)c1.CC. The van der Waals surface area contributed by atoms with Crippen LogP contribution in [0.5, 0.6) is 23.3 Å². The number of hydrogen-bond acceptors (Lipinski definition) is 8. The Kier molecular flexibility index (Phi) is 9.75. The average Bonchev–Trinajstić information content (AvgIpc) is 3.56. The number of nitrogens with zero attached hydrogens (tertiary/aromatic N) is 4. The molecular formula is C24H20N6O6. The number of rotatable bonds is 6. The zero-order valence-electron chi connectivity index (χ0n) is 19.1. The largest absolute Gasteiger partial charge is 0.476 e. The third kappa shape index (κ3) is 7.19. The molecule has 2 heterocycles. The summed E-state index contributed by atoms with van der Waals surface area (Å²) in [5.41, 5.74) is 0.918. The first-order valence-corrected chi connectivity index (χ1v) is 10.2. The number of terminal acetylenes is 2. The van der Waals surface area contributed by atoms with Crippen molar-refractivity contribution in [1.29, 1.82) is 0 Å². The number of benzene rings is 2. The topological polar surface area (TPSA) is 176 Å². The van der Waals surface area contributed by atoms with E-state index >= 15 is 0 Å². The van der Waals surface area contributed by atoms with Gasteiger partial charge in [-0.15, -0.1) is 12.8 Å². The maximum atomic E-state index is 10.8. The van der Waals surface area contributed by atoms with Crippen LogP contribution in [0.4, 0.5) is 0 Å². The van der Waals surface area contributed by atoms with Crippen molar-refractivity contribution in [3.05, 3.63) is 71.0 Å². The number of H-pyrrole nitrogens is 2. The molecule has 2 aromatic carbocycles. The molecule has 4 N–H and O–H groups in total. The first-order valence-electron chi connectivity index (χ1n) is 10.2. The van der Waals surface area contributed by atoms with Crippen molar-refractivity contribution in [2.75, 3.05) is 0 Å². The lowest BCUT2D eigenvalue weighted by Crippen LogP contribution is -1.99. The van der Waals surface area contributed by atoms with Crippen LogP contribution in [0.2, 0.25) is 0 Å². The van der Waals surface area contributed by atoms with Gasteiger partial charge in [0.25, 0.3) is 11.8 Å². The molecule has 0 atom stereocenters. The van der Waals surface area contributed by atoms with E-state index in [9.17, 15) is 9.59 Å². The van der Waals surface area contributed by atoms with Gasteiger partial charge >= 0.3 is 11.9 Å². The minimum Gasteiger partial charge on any atom is -0.476 e. The summed E-state index contributed by atoms with van der Waals surface area (Å²) in [7, 11) is 0. The molecule has 0 saturated carbocycles. The van der Waals surface area contributed by atoms with Gasteiger partial charge in [0, 0.05) is 11.1 Å². The van der Waals surface area contributed by atoms with Gasteiger partial charge in [-0.25, -0.2) is 19.8 Å². The summed E-state index contributed by atoms with van der Waals surface area (Å²) in [6.07, 6.45) is 10.4. The summed E-state index contributed by atoms with van der Waals surface area (Å²) in [5.74, 6) is 3.15. The Labute approximate surface area is 205 Å². The Morgan fingerprint density at radius 3 is 1.75 bits per heavy atom. The highest BCUT2D eigenvalue weighted by molar-refractivity contribution is 5.88. The fraction of sp³-hybridized carbons (Fsp3) is 0.0833. The van der Waals surface area contributed by atoms with Crippen molar-refractivity contribution >= 4 is 11.9 Å².